The molecule has 0 saturated heterocycles. The average Bonchev–Trinajstić information content (AvgIpc) is 2.81. The molecular formula is C25H21NO5. The summed E-state index contributed by atoms with van der Waals surface area (Å²) in [4.78, 5) is 36.6. The van der Waals surface area contributed by atoms with E-state index in [1.54, 1.807) is 42.5 Å². The highest BCUT2D eigenvalue weighted by molar-refractivity contribution is 6.01. The number of nitrogens with one attached hydrogen (secondary N) is 1. The molecule has 1 amide bonds. The Morgan fingerprint density at radius 1 is 0.903 bits per heavy atom. The summed E-state index contributed by atoms with van der Waals surface area (Å²) in [6.45, 7) is -0.0628. The smallest absolute Gasteiger partial charge is 0.342 e. The molecule has 0 radical (unpaired) electrons. The molecule has 1 aliphatic heterocycles. The maximum absolute atomic E-state index is 12.6. The van der Waals surface area contributed by atoms with E-state index in [9.17, 15) is 14.4 Å². The summed E-state index contributed by atoms with van der Waals surface area (Å²) < 4.78 is 11.0. The van der Waals surface area contributed by atoms with Crippen molar-refractivity contribution in [3.8, 4) is 5.75 Å². The molecule has 0 atom stereocenters. The van der Waals surface area contributed by atoms with E-state index in [-0.39, 0.29) is 23.9 Å². The number of esters is 1. The van der Waals surface area contributed by atoms with Crippen LogP contribution < -0.4 is 10.1 Å². The molecule has 0 saturated carbocycles. The number of ketones is 1. The predicted octanol–water partition coefficient (Wildman–Crippen LogP) is 4.19. The Hall–Kier alpha value is -3.93. The first-order valence-electron chi connectivity index (χ1n) is 9.99. The van der Waals surface area contributed by atoms with Crippen molar-refractivity contribution in [2.45, 2.75) is 19.4 Å². The van der Waals surface area contributed by atoms with Gasteiger partial charge in [-0.3, -0.25) is 9.59 Å². The van der Waals surface area contributed by atoms with Crippen LogP contribution in [-0.4, -0.2) is 24.3 Å². The highest BCUT2D eigenvalue weighted by atomic mass is 16.5. The molecule has 0 unspecified atom stereocenters. The van der Waals surface area contributed by atoms with E-state index in [4.69, 9.17) is 9.47 Å². The van der Waals surface area contributed by atoms with Gasteiger partial charge in [0.15, 0.2) is 12.4 Å². The van der Waals surface area contributed by atoms with E-state index in [1.165, 1.54) is 0 Å². The zero-order valence-electron chi connectivity index (χ0n) is 16.8. The summed E-state index contributed by atoms with van der Waals surface area (Å²) >= 11 is 0. The summed E-state index contributed by atoms with van der Waals surface area (Å²) in [5.41, 5.74) is 3.30. The van der Waals surface area contributed by atoms with Crippen LogP contribution in [0.2, 0.25) is 0 Å². The summed E-state index contributed by atoms with van der Waals surface area (Å²) in [5.74, 6) is -0.569. The van der Waals surface area contributed by atoms with Crippen LogP contribution >= 0.6 is 0 Å². The molecule has 0 bridgehead atoms. The molecule has 0 aromatic heterocycles. The van der Waals surface area contributed by atoms with Gasteiger partial charge in [-0.2, -0.15) is 0 Å². The number of carbonyl (C=O) groups excluding carboxylic acids is 3. The first-order valence-corrected chi connectivity index (χ1v) is 9.99. The Labute approximate surface area is 179 Å². The van der Waals surface area contributed by atoms with Gasteiger partial charge in [-0.05, 0) is 47.9 Å². The Kier molecular flexibility index (Phi) is 6.08. The van der Waals surface area contributed by atoms with E-state index >= 15 is 0 Å². The lowest BCUT2D eigenvalue weighted by atomic mass is 9.99. The van der Waals surface area contributed by atoms with Crippen molar-refractivity contribution < 1.29 is 23.9 Å². The van der Waals surface area contributed by atoms with Crippen molar-refractivity contribution in [3.63, 3.8) is 0 Å². The molecule has 0 fully saturated rings. The van der Waals surface area contributed by atoms with E-state index in [1.807, 2.05) is 30.3 Å². The SMILES string of the molecule is O=C1CCc2cc(C(=O)COC(=O)c3ccccc3OCc3ccccc3)ccc2N1. The van der Waals surface area contributed by atoms with Gasteiger partial charge in [0.25, 0.3) is 0 Å². The van der Waals surface area contributed by atoms with Crippen molar-refractivity contribution in [1.82, 2.24) is 0 Å². The predicted molar refractivity (Wildman–Crippen MR) is 115 cm³/mol. The van der Waals surface area contributed by atoms with Gasteiger partial charge in [-0.1, -0.05) is 42.5 Å². The topological polar surface area (TPSA) is 81.7 Å². The zero-order valence-corrected chi connectivity index (χ0v) is 16.8. The second kappa shape index (κ2) is 9.26. The van der Waals surface area contributed by atoms with Gasteiger partial charge < -0.3 is 14.8 Å². The number of ether oxygens (including phenoxy) is 2. The number of carbonyl (C=O) groups is 3. The van der Waals surface area contributed by atoms with Gasteiger partial charge in [0.1, 0.15) is 17.9 Å². The molecule has 3 aromatic rings. The van der Waals surface area contributed by atoms with Crippen molar-refractivity contribution in [2.75, 3.05) is 11.9 Å². The molecule has 1 heterocycles. The second-order valence-electron chi connectivity index (χ2n) is 7.19. The van der Waals surface area contributed by atoms with Crippen molar-refractivity contribution in [3.05, 3.63) is 95.1 Å². The zero-order chi connectivity index (χ0) is 21.6. The highest BCUT2D eigenvalue weighted by Gasteiger charge is 2.19. The number of hydrogen-bond acceptors (Lipinski definition) is 5. The van der Waals surface area contributed by atoms with Crippen LogP contribution in [-0.2, 0) is 22.6 Å². The van der Waals surface area contributed by atoms with Crippen LogP contribution in [0, 0.1) is 0 Å². The number of para-hydroxylation sites is 1. The quantitative estimate of drug-likeness (QED) is 0.462. The van der Waals surface area contributed by atoms with E-state index in [0.717, 1.165) is 11.1 Å². The molecule has 0 spiro atoms. The molecule has 3 aromatic carbocycles. The largest absolute Gasteiger partial charge is 0.488 e. The Bertz CT molecular complexity index is 1120. The molecule has 0 aliphatic carbocycles. The Balaban J connectivity index is 1.39. The number of hydrogen-bond donors (Lipinski definition) is 1. The normalized spacial score (nSPS) is 12.5. The lowest BCUT2D eigenvalue weighted by molar-refractivity contribution is -0.116. The van der Waals surface area contributed by atoms with Crippen LogP contribution in [0.15, 0.2) is 72.8 Å². The third kappa shape index (κ3) is 4.98. The molecular weight excluding hydrogens is 394 g/mol. The summed E-state index contributed by atoms with van der Waals surface area (Å²) in [5, 5.41) is 2.78. The van der Waals surface area contributed by atoms with Gasteiger partial charge in [0, 0.05) is 17.7 Å². The standard InChI is InChI=1S/C25H21NO5/c27-22(19-10-12-21-18(14-19)11-13-24(28)26-21)16-31-25(29)20-8-4-5-9-23(20)30-15-17-6-2-1-3-7-17/h1-10,12,14H,11,13,15-16H2,(H,26,28). The second-order valence-corrected chi connectivity index (χ2v) is 7.19. The van der Waals surface area contributed by atoms with Crippen LogP contribution in [0.3, 0.4) is 0 Å². The minimum absolute atomic E-state index is 0.0337. The summed E-state index contributed by atoms with van der Waals surface area (Å²) in [6.07, 6.45) is 0.966. The molecule has 1 aliphatic rings. The monoisotopic (exact) mass is 415 g/mol. The average molecular weight is 415 g/mol. The first kappa shape index (κ1) is 20.3. The number of amides is 1. The molecule has 6 nitrogen and oxygen atoms in total. The maximum atomic E-state index is 12.6. The summed E-state index contributed by atoms with van der Waals surface area (Å²) in [7, 11) is 0. The minimum atomic E-state index is -0.623. The number of aryl methyl sites for hydroxylation is 1. The van der Waals surface area contributed by atoms with Crippen molar-refractivity contribution in [1.29, 1.82) is 0 Å². The fraction of sp³-hybridized carbons (Fsp3) is 0.160. The third-order valence-corrected chi connectivity index (χ3v) is 5.00. The molecule has 6 heteroatoms. The van der Waals surface area contributed by atoms with Gasteiger partial charge in [0.05, 0.1) is 0 Å². The number of rotatable bonds is 7. The molecule has 156 valence electrons. The van der Waals surface area contributed by atoms with Crippen LogP contribution in [0.4, 0.5) is 5.69 Å². The maximum Gasteiger partial charge on any atom is 0.342 e. The van der Waals surface area contributed by atoms with Crippen LogP contribution in [0.5, 0.6) is 5.75 Å². The summed E-state index contributed by atoms with van der Waals surface area (Å²) in [6, 6.07) is 21.5. The van der Waals surface area contributed by atoms with E-state index in [2.05, 4.69) is 5.32 Å². The van der Waals surface area contributed by atoms with Crippen molar-refractivity contribution in [2.24, 2.45) is 0 Å². The fourth-order valence-electron chi connectivity index (χ4n) is 3.35. The van der Waals surface area contributed by atoms with Gasteiger partial charge in [0.2, 0.25) is 5.91 Å². The number of fused-ring (bicyclic) bond motifs is 1. The minimum Gasteiger partial charge on any atom is -0.488 e. The fourth-order valence-corrected chi connectivity index (χ4v) is 3.35. The Morgan fingerprint density at radius 3 is 2.52 bits per heavy atom. The van der Waals surface area contributed by atoms with Crippen LogP contribution in [0.25, 0.3) is 0 Å². The molecule has 4 rings (SSSR count). The lowest BCUT2D eigenvalue weighted by Gasteiger charge is -2.17. The number of anilines is 1. The number of benzene rings is 3. The molecule has 1 N–H and O–H groups in total. The van der Waals surface area contributed by atoms with Crippen LogP contribution in [0.1, 0.15) is 38.3 Å². The third-order valence-electron chi connectivity index (χ3n) is 5.00. The molecule has 31 heavy (non-hydrogen) atoms. The Morgan fingerprint density at radius 2 is 1.68 bits per heavy atom. The lowest BCUT2D eigenvalue weighted by Crippen LogP contribution is -2.20. The van der Waals surface area contributed by atoms with Gasteiger partial charge in [-0.15, -0.1) is 0 Å². The van der Waals surface area contributed by atoms with Gasteiger partial charge >= 0.3 is 5.97 Å². The van der Waals surface area contributed by atoms with E-state index < -0.39 is 5.97 Å². The first-order chi connectivity index (χ1) is 15.1. The van der Waals surface area contributed by atoms with Gasteiger partial charge in [-0.25, -0.2) is 4.79 Å². The van der Waals surface area contributed by atoms with E-state index in [0.29, 0.717) is 36.4 Å². The highest BCUT2D eigenvalue weighted by Crippen LogP contribution is 2.24. The number of Topliss-reactive ketones (excluding diaryl/α,β-unsaturated/α-hetero) is 1. The van der Waals surface area contributed by atoms with Crippen molar-refractivity contribution >= 4 is 23.3 Å².